The van der Waals surface area contributed by atoms with Crippen LogP contribution in [0.2, 0.25) is 0 Å². The number of rotatable bonds is 8. The molecule has 1 aliphatic rings. The molecule has 1 aromatic carbocycles. The zero-order valence-corrected chi connectivity index (χ0v) is 14.8. The Kier molecular flexibility index (Phi) is 5.87. The highest BCUT2D eigenvalue weighted by molar-refractivity contribution is 5.79. The minimum atomic E-state index is 0.461. The van der Waals surface area contributed by atoms with Crippen LogP contribution in [-0.2, 0) is 13.1 Å². The van der Waals surface area contributed by atoms with Crippen molar-refractivity contribution in [3.63, 3.8) is 0 Å². The van der Waals surface area contributed by atoms with Crippen LogP contribution in [0.4, 0.5) is 0 Å². The standard InChI is InChI=1S/C18H25N5O2/c1-3-19-18(21-11-17-22-13(2)25-23-17)20-10-15-6-4-5-7-16(15)24-12-14-8-9-14/h4-7,14H,3,8-12H2,1-2H3,(H2,19,20,21). The molecule has 7 nitrogen and oxygen atoms in total. The summed E-state index contributed by atoms with van der Waals surface area (Å²) in [7, 11) is 0. The van der Waals surface area contributed by atoms with E-state index in [2.05, 4.69) is 31.8 Å². The van der Waals surface area contributed by atoms with E-state index in [0.29, 0.717) is 30.8 Å². The monoisotopic (exact) mass is 343 g/mol. The maximum absolute atomic E-state index is 5.94. The zero-order valence-electron chi connectivity index (χ0n) is 14.8. The molecule has 1 aromatic heterocycles. The summed E-state index contributed by atoms with van der Waals surface area (Å²) < 4.78 is 10.9. The van der Waals surface area contributed by atoms with Gasteiger partial charge in [-0.1, -0.05) is 23.4 Å². The lowest BCUT2D eigenvalue weighted by atomic mass is 10.2. The van der Waals surface area contributed by atoms with Gasteiger partial charge in [-0.2, -0.15) is 4.98 Å². The third kappa shape index (κ3) is 5.48. The average molecular weight is 343 g/mol. The summed E-state index contributed by atoms with van der Waals surface area (Å²) in [4.78, 5) is 8.82. The van der Waals surface area contributed by atoms with Gasteiger partial charge in [-0.25, -0.2) is 4.99 Å². The highest BCUT2D eigenvalue weighted by Crippen LogP contribution is 2.30. The molecule has 1 aliphatic carbocycles. The van der Waals surface area contributed by atoms with Crippen molar-refractivity contribution in [2.24, 2.45) is 10.9 Å². The van der Waals surface area contributed by atoms with E-state index in [0.717, 1.165) is 30.4 Å². The smallest absolute Gasteiger partial charge is 0.223 e. The maximum Gasteiger partial charge on any atom is 0.223 e. The Morgan fingerprint density at radius 1 is 1.32 bits per heavy atom. The Balaban J connectivity index is 1.60. The molecule has 7 heteroatoms. The Morgan fingerprint density at radius 2 is 2.16 bits per heavy atom. The minimum Gasteiger partial charge on any atom is -0.493 e. The molecule has 0 spiro atoms. The summed E-state index contributed by atoms with van der Waals surface area (Å²) in [6.45, 7) is 6.38. The molecule has 1 saturated carbocycles. The van der Waals surface area contributed by atoms with Crippen LogP contribution in [0.1, 0.15) is 37.0 Å². The maximum atomic E-state index is 5.94. The molecule has 0 saturated heterocycles. The Hall–Kier alpha value is -2.57. The lowest BCUT2D eigenvalue weighted by Gasteiger charge is -2.12. The number of nitrogens with zero attached hydrogens (tertiary/aromatic N) is 3. The van der Waals surface area contributed by atoms with Gasteiger partial charge in [0.25, 0.3) is 0 Å². The highest BCUT2D eigenvalue weighted by Gasteiger charge is 2.22. The largest absolute Gasteiger partial charge is 0.493 e. The van der Waals surface area contributed by atoms with E-state index in [4.69, 9.17) is 9.26 Å². The summed E-state index contributed by atoms with van der Waals surface area (Å²) in [6, 6.07) is 8.07. The third-order valence-corrected chi connectivity index (χ3v) is 3.88. The molecule has 0 amide bonds. The second-order valence-electron chi connectivity index (χ2n) is 6.14. The molecule has 0 atom stereocenters. The van der Waals surface area contributed by atoms with Gasteiger partial charge < -0.3 is 19.9 Å². The van der Waals surface area contributed by atoms with Crippen molar-refractivity contribution in [1.29, 1.82) is 0 Å². The lowest BCUT2D eigenvalue weighted by molar-refractivity contribution is 0.297. The number of nitrogens with one attached hydrogen (secondary N) is 2. The molecule has 0 radical (unpaired) electrons. The molecular weight excluding hydrogens is 318 g/mol. The Labute approximate surface area is 147 Å². The molecule has 134 valence electrons. The van der Waals surface area contributed by atoms with Crippen molar-refractivity contribution in [3.05, 3.63) is 41.5 Å². The van der Waals surface area contributed by atoms with E-state index < -0.39 is 0 Å². The zero-order chi connectivity index (χ0) is 17.5. The van der Waals surface area contributed by atoms with Crippen molar-refractivity contribution in [2.45, 2.75) is 39.8 Å². The summed E-state index contributed by atoms with van der Waals surface area (Å²) in [5.41, 5.74) is 1.08. The molecule has 0 aliphatic heterocycles. The second kappa shape index (κ2) is 8.50. The lowest BCUT2D eigenvalue weighted by Crippen LogP contribution is -2.37. The number of hydrogen-bond acceptors (Lipinski definition) is 5. The van der Waals surface area contributed by atoms with E-state index in [1.165, 1.54) is 12.8 Å². The fraction of sp³-hybridized carbons (Fsp3) is 0.500. The van der Waals surface area contributed by atoms with Gasteiger partial charge in [-0.15, -0.1) is 0 Å². The molecule has 2 aromatic rings. The topological polar surface area (TPSA) is 84.6 Å². The number of aryl methyl sites for hydroxylation is 1. The van der Waals surface area contributed by atoms with Crippen molar-refractivity contribution in [1.82, 2.24) is 20.8 Å². The first-order valence-electron chi connectivity index (χ1n) is 8.76. The summed E-state index contributed by atoms with van der Waals surface area (Å²) >= 11 is 0. The van der Waals surface area contributed by atoms with Gasteiger partial charge in [0.15, 0.2) is 11.8 Å². The number of para-hydroxylation sites is 1. The quantitative estimate of drug-likeness (QED) is 0.566. The van der Waals surface area contributed by atoms with Gasteiger partial charge in [-0.3, -0.25) is 0 Å². The van der Waals surface area contributed by atoms with Crippen LogP contribution >= 0.6 is 0 Å². The SMILES string of the molecule is CCNC(=NCc1ccccc1OCC1CC1)NCc1noc(C)n1. The van der Waals surface area contributed by atoms with Crippen LogP contribution in [0.3, 0.4) is 0 Å². The molecule has 25 heavy (non-hydrogen) atoms. The summed E-state index contributed by atoms with van der Waals surface area (Å²) in [6.07, 6.45) is 2.56. The van der Waals surface area contributed by atoms with Gasteiger partial charge in [0.2, 0.25) is 5.89 Å². The summed E-state index contributed by atoms with van der Waals surface area (Å²) in [5, 5.41) is 10.3. The van der Waals surface area contributed by atoms with Gasteiger partial charge in [0, 0.05) is 19.0 Å². The Bertz CT molecular complexity index is 709. The van der Waals surface area contributed by atoms with Crippen LogP contribution in [-0.4, -0.2) is 29.3 Å². The van der Waals surface area contributed by atoms with Gasteiger partial charge in [-0.05, 0) is 31.7 Å². The number of aliphatic imine (C=N–C) groups is 1. The predicted octanol–water partition coefficient (Wildman–Crippen LogP) is 2.42. The second-order valence-corrected chi connectivity index (χ2v) is 6.14. The molecule has 0 bridgehead atoms. The first-order valence-corrected chi connectivity index (χ1v) is 8.76. The van der Waals surface area contributed by atoms with E-state index in [9.17, 15) is 0 Å². The van der Waals surface area contributed by atoms with Crippen LogP contribution in [0.5, 0.6) is 5.75 Å². The number of ether oxygens (including phenoxy) is 1. The number of benzene rings is 1. The van der Waals surface area contributed by atoms with E-state index in [1.807, 2.05) is 25.1 Å². The van der Waals surface area contributed by atoms with Gasteiger partial charge >= 0.3 is 0 Å². The Morgan fingerprint density at radius 3 is 2.88 bits per heavy atom. The van der Waals surface area contributed by atoms with E-state index in [1.54, 1.807) is 6.92 Å². The average Bonchev–Trinajstić information content (AvgIpc) is 3.36. The summed E-state index contributed by atoms with van der Waals surface area (Å²) in [5.74, 6) is 3.52. The van der Waals surface area contributed by atoms with Crippen LogP contribution in [0.15, 0.2) is 33.8 Å². The van der Waals surface area contributed by atoms with Crippen LogP contribution < -0.4 is 15.4 Å². The molecule has 3 rings (SSSR count). The molecule has 1 fully saturated rings. The molecule has 1 heterocycles. The third-order valence-electron chi connectivity index (χ3n) is 3.88. The van der Waals surface area contributed by atoms with Gasteiger partial charge in [0.05, 0.1) is 19.7 Å². The van der Waals surface area contributed by atoms with Crippen molar-refractivity contribution >= 4 is 5.96 Å². The van der Waals surface area contributed by atoms with Crippen molar-refractivity contribution in [2.75, 3.05) is 13.2 Å². The molecule has 0 unspecified atom stereocenters. The molecule has 2 N–H and O–H groups in total. The van der Waals surface area contributed by atoms with Crippen molar-refractivity contribution in [3.8, 4) is 5.75 Å². The fourth-order valence-corrected chi connectivity index (χ4v) is 2.35. The normalized spacial score (nSPS) is 14.4. The van der Waals surface area contributed by atoms with Crippen LogP contribution in [0, 0.1) is 12.8 Å². The number of hydrogen-bond donors (Lipinski definition) is 2. The van der Waals surface area contributed by atoms with E-state index in [-0.39, 0.29) is 0 Å². The predicted molar refractivity (Wildman–Crippen MR) is 95.4 cm³/mol. The minimum absolute atomic E-state index is 0.461. The fourth-order valence-electron chi connectivity index (χ4n) is 2.35. The van der Waals surface area contributed by atoms with Crippen LogP contribution in [0.25, 0.3) is 0 Å². The van der Waals surface area contributed by atoms with Crippen molar-refractivity contribution < 1.29 is 9.26 Å². The molecular formula is C18H25N5O2. The first kappa shape index (κ1) is 17.3. The van der Waals surface area contributed by atoms with E-state index >= 15 is 0 Å². The number of aromatic nitrogens is 2. The first-order chi connectivity index (χ1) is 12.2. The highest BCUT2D eigenvalue weighted by atomic mass is 16.5. The number of guanidine groups is 1. The van der Waals surface area contributed by atoms with Gasteiger partial charge in [0.1, 0.15) is 5.75 Å².